The van der Waals surface area contributed by atoms with E-state index in [1.807, 2.05) is 36.0 Å². The summed E-state index contributed by atoms with van der Waals surface area (Å²) in [5, 5.41) is 7.20. The van der Waals surface area contributed by atoms with Gasteiger partial charge >= 0.3 is 0 Å². The summed E-state index contributed by atoms with van der Waals surface area (Å²) < 4.78 is 32.5. The number of rotatable bonds is 16. The van der Waals surface area contributed by atoms with Crippen molar-refractivity contribution >= 4 is 47.3 Å². The van der Waals surface area contributed by atoms with Crippen LogP contribution in [0.2, 0.25) is 25.7 Å². The average molecular weight is 555 g/mol. The van der Waals surface area contributed by atoms with Crippen molar-refractivity contribution in [2.24, 2.45) is 0 Å². The lowest BCUT2D eigenvalue weighted by Gasteiger charge is -2.16. The van der Waals surface area contributed by atoms with Crippen molar-refractivity contribution in [1.29, 1.82) is 0 Å². The molecule has 1 heterocycles. The van der Waals surface area contributed by atoms with Crippen LogP contribution in [0.5, 0.6) is 0 Å². The fourth-order valence-electron chi connectivity index (χ4n) is 3.29. The first-order chi connectivity index (χ1) is 16.9. The number of carbonyl (C=O) groups excluding carboxylic acids is 1. The minimum atomic E-state index is -3.60. The minimum absolute atomic E-state index is 0.0686. The zero-order chi connectivity index (χ0) is 26.8. The maximum Gasteiger partial charge on any atom is 0.261 e. The number of amides is 1. The van der Waals surface area contributed by atoms with Crippen molar-refractivity contribution in [2.45, 2.75) is 76.3 Å². The Balaban J connectivity index is 2.04. The second kappa shape index (κ2) is 14.2. The van der Waals surface area contributed by atoms with Crippen LogP contribution >= 0.6 is 11.8 Å². The molecule has 0 bridgehead atoms. The molecule has 36 heavy (non-hydrogen) atoms. The van der Waals surface area contributed by atoms with Crippen molar-refractivity contribution in [1.82, 2.24) is 9.78 Å². The number of nitrogens with one attached hydrogen (secondary N) is 1. The molecule has 2 rings (SSSR count). The monoisotopic (exact) mass is 554 g/mol. The fourth-order valence-corrected chi connectivity index (χ4v) is 5.41. The van der Waals surface area contributed by atoms with Gasteiger partial charge in [-0.3, -0.25) is 9.10 Å². The number of carbonyl (C=O) groups is 1. The van der Waals surface area contributed by atoms with Gasteiger partial charge in [0.25, 0.3) is 5.91 Å². The summed E-state index contributed by atoms with van der Waals surface area (Å²) in [7, 11) is -3.44. The van der Waals surface area contributed by atoms with Crippen molar-refractivity contribution in [3.05, 3.63) is 36.0 Å². The zero-order valence-electron chi connectivity index (χ0n) is 22.5. The highest BCUT2D eigenvalue weighted by molar-refractivity contribution is 7.99. The molecule has 202 valence electrons. The molecule has 0 aliphatic carbocycles. The number of aromatic nitrogens is 2. The second-order valence-corrected chi connectivity index (χ2v) is 19.0. The summed E-state index contributed by atoms with van der Waals surface area (Å²) in [5.74, 6) is 0.722. The van der Waals surface area contributed by atoms with Crippen LogP contribution in [0.15, 0.2) is 35.4 Å². The van der Waals surface area contributed by atoms with Gasteiger partial charge in [0, 0.05) is 38.5 Å². The molecule has 1 aromatic carbocycles. The third-order valence-corrected chi connectivity index (χ3v) is 9.60. The van der Waals surface area contributed by atoms with E-state index in [4.69, 9.17) is 4.74 Å². The highest BCUT2D eigenvalue weighted by Crippen LogP contribution is 2.24. The van der Waals surface area contributed by atoms with E-state index >= 15 is 0 Å². The summed E-state index contributed by atoms with van der Waals surface area (Å²) in [6.45, 7) is 9.77. The van der Waals surface area contributed by atoms with Crippen LogP contribution in [0.1, 0.15) is 49.4 Å². The molecule has 0 unspecified atom stereocenters. The standard InChI is InChI=1S/C25H42N4O4S2Si/c1-7-8-9-10-11-17-34-22-14-12-21(13-15-22)26-25(30)23-19-29(20-33-16-18-36(4,5)6)27-24(23)28(2)35(3,31)32/h12-15,19H,7-11,16-18,20H2,1-6H3,(H,26,30). The summed E-state index contributed by atoms with van der Waals surface area (Å²) in [6, 6.07) is 8.71. The Hall–Kier alpha value is -1.82. The number of nitrogens with zero attached hydrogens (tertiary/aromatic N) is 3. The lowest BCUT2D eigenvalue weighted by Crippen LogP contribution is -2.27. The van der Waals surface area contributed by atoms with Gasteiger partial charge in [-0.05, 0) is 42.5 Å². The Labute approximate surface area is 222 Å². The molecule has 0 saturated heterocycles. The smallest absolute Gasteiger partial charge is 0.261 e. The van der Waals surface area contributed by atoms with E-state index in [0.717, 1.165) is 27.3 Å². The summed E-state index contributed by atoms with van der Waals surface area (Å²) in [5.41, 5.74) is 0.807. The fraction of sp³-hybridized carbons (Fsp3) is 0.600. The maximum atomic E-state index is 13.1. The Morgan fingerprint density at radius 2 is 1.81 bits per heavy atom. The molecule has 8 nitrogen and oxygen atoms in total. The van der Waals surface area contributed by atoms with Gasteiger partial charge in [-0.25, -0.2) is 13.1 Å². The van der Waals surface area contributed by atoms with Crippen LogP contribution in [-0.4, -0.2) is 57.8 Å². The molecule has 0 atom stereocenters. The van der Waals surface area contributed by atoms with Crippen LogP contribution in [0.25, 0.3) is 0 Å². The van der Waals surface area contributed by atoms with Gasteiger partial charge in [-0.1, -0.05) is 52.2 Å². The van der Waals surface area contributed by atoms with E-state index in [1.165, 1.54) is 50.0 Å². The Morgan fingerprint density at radius 1 is 1.14 bits per heavy atom. The van der Waals surface area contributed by atoms with Crippen LogP contribution in [0.3, 0.4) is 0 Å². The van der Waals surface area contributed by atoms with Crippen molar-refractivity contribution in [3.63, 3.8) is 0 Å². The molecule has 0 saturated carbocycles. The molecule has 0 aliphatic rings. The quantitative estimate of drug-likeness (QED) is 0.158. The van der Waals surface area contributed by atoms with Gasteiger partial charge in [0.1, 0.15) is 12.3 Å². The van der Waals surface area contributed by atoms with E-state index < -0.39 is 24.0 Å². The van der Waals surface area contributed by atoms with Crippen molar-refractivity contribution in [2.75, 3.05) is 35.3 Å². The number of thioether (sulfide) groups is 1. The van der Waals surface area contributed by atoms with Gasteiger partial charge in [0.05, 0.1) is 6.26 Å². The van der Waals surface area contributed by atoms with E-state index in [2.05, 4.69) is 37.0 Å². The largest absolute Gasteiger partial charge is 0.360 e. The van der Waals surface area contributed by atoms with Gasteiger partial charge < -0.3 is 10.1 Å². The molecule has 2 aromatic rings. The normalized spacial score (nSPS) is 12.1. The van der Waals surface area contributed by atoms with Crippen molar-refractivity contribution < 1.29 is 17.9 Å². The van der Waals surface area contributed by atoms with E-state index in [-0.39, 0.29) is 18.1 Å². The number of benzene rings is 1. The molecule has 1 amide bonds. The number of anilines is 2. The molecule has 1 aromatic heterocycles. The van der Waals surface area contributed by atoms with Crippen LogP contribution in [0, 0.1) is 0 Å². The summed E-state index contributed by atoms with van der Waals surface area (Å²) in [4.78, 5) is 14.3. The molecule has 0 spiro atoms. The number of sulfonamides is 1. The predicted octanol–water partition coefficient (Wildman–Crippen LogP) is 5.91. The highest BCUT2D eigenvalue weighted by Gasteiger charge is 2.24. The molecule has 1 N–H and O–H groups in total. The minimum Gasteiger partial charge on any atom is -0.360 e. The third-order valence-electron chi connectivity index (χ3n) is 5.63. The summed E-state index contributed by atoms with van der Waals surface area (Å²) in [6.07, 6.45) is 8.91. The first-order valence-electron chi connectivity index (χ1n) is 12.5. The Bertz CT molecular complexity index is 1070. The van der Waals surface area contributed by atoms with Gasteiger partial charge in [0.15, 0.2) is 5.82 Å². The first-order valence-corrected chi connectivity index (χ1v) is 19.1. The van der Waals surface area contributed by atoms with Gasteiger partial charge in [0.2, 0.25) is 10.0 Å². The Kier molecular flexibility index (Phi) is 12.0. The van der Waals surface area contributed by atoms with E-state index in [0.29, 0.717) is 12.3 Å². The highest BCUT2D eigenvalue weighted by atomic mass is 32.2. The van der Waals surface area contributed by atoms with Crippen LogP contribution < -0.4 is 9.62 Å². The van der Waals surface area contributed by atoms with E-state index in [9.17, 15) is 13.2 Å². The van der Waals surface area contributed by atoms with E-state index in [1.54, 1.807) is 0 Å². The first kappa shape index (κ1) is 30.4. The van der Waals surface area contributed by atoms with Crippen LogP contribution in [0.4, 0.5) is 11.5 Å². The lowest BCUT2D eigenvalue weighted by atomic mass is 10.2. The summed E-state index contributed by atoms with van der Waals surface area (Å²) >= 11 is 1.81. The molecular weight excluding hydrogens is 513 g/mol. The number of hydrogen-bond donors (Lipinski definition) is 1. The second-order valence-electron chi connectivity index (χ2n) is 10.2. The number of ether oxygens (including phenoxy) is 1. The van der Waals surface area contributed by atoms with Gasteiger partial charge in [-0.2, -0.15) is 5.10 Å². The molecule has 11 heteroatoms. The molecule has 0 fully saturated rings. The number of unbranched alkanes of at least 4 members (excludes halogenated alkanes) is 4. The van der Waals surface area contributed by atoms with Crippen LogP contribution in [-0.2, 0) is 21.5 Å². The maximum absolute atomic E-state index is 13.1. The predicted molar refractivity (Wildman–Crippen MR) is 153 cm³/mol. The van der Waals surface area contributed by atoms with Gasteiger partial charge in [-0.15, -0.1) is 11.8 Å². The Morgan fingerprint density at radius 3 is 2.42 bits per heavy atom. The average Bonchev–Trinajstić information content (AvgIpc) is 3.22. The number of hydrogen-bond acceptors (Lipinski definition) is 6. The SMILES string of the molecule is CCCCCCCSc1ccc(NC(=O)c2cn(COCC[Si](C)(C)C)nc2N(C)S(C)(=O)=O)cc1. The lowest BCUT2D eigenvalue weighted by molar-refractivity contribution is 0.0786. The third kappa shape index (κ3) is 10.7. The van der Waals surface area contributed by atoms with Crippen molar-refractivity contribution in [3.8, 4) is 0 Å². The molecular formula is C25H42N4O4S2Si. The molecule has 0 radical (unpaired) electrons. The molecule has 0 aliphatic heterocycles. The zero-order valence-corrected chi connectivity index (χ0v) is 25.2. The topological polar surface area (TPSA) is 93.5 Å².